The summed E-state index contributed by atoms with van der Waals surface area (Å²) in [5.74, 6) is 0.0237. The number of carbonyl (C=O) groups excluding carboxylic acids is 1. The van der Waals surface area contributed by atoms with E-state index in [1.165, 1.54) is 24.5 Å². The molecule has 9 heteroatoms. The van der Waals surface area contributed by atoms with E-state index in [9.17, 15) is 14.4 Å². The summed E-state index contributed by atoms with van der Waals surface area (Å²) in [4.78, 5) is 16.7. The van der Waals surface area contributed by atoms with E-state index in [-0.39, 0.29) is 34.2 Å². The molecule has 1 aromatic carbocycles. The summed E-state index contributed by atoms with van der Waals surface area (Å²) < 4.78 is 18.6. The molecule has 7 nitrogen and oxygen atoms in total. The van der Waals surface area contributed by atoms with Crippen molar-refractivity contribution in [1.29, 1.82) is 0 Å². The van der Waals surface area contributed by atoms with Gasteiger partial charge >= 0.3 is 0 Å². The van der Waals surface area contributed by atoms with Gasteiger partial charge in [-0.15, -0.1) is 0 Å². The third-order valence-electron chi connectivity index (χ3n) is 4.91. The predicted molar refractivity (Wildman–Crippen MR) is 105 cm³/mol. The SMILES string of the molecule is NC1CCC(CC(=O)Cc2conc2C(=Nc2ccc(F)c(Br)c2)NO)CC1. The maximum Gasteiger partial charge on any atom is 0.180 e. The minimum Gasteiger partial charge on any atom is -0.364 e. The highest BCUT2D eigenvalue weighted by atomic mass is 79.9. The number of ketones is 1. The van der Waals surface area contributed by atoms with Gasteiger partial charge in [0.2, 0.25) is 0 Å². The molecular formula is C19H22BrFN4O3. The van der Waals surface area contributed by atoms with Gasteiger partial charge in [0, 0.05) is 24.4 Å². The Hall–Kier alpha value is -2.10. The first-order chi connectivity index (χ1) is 13.5. The Morgan fingerprint density at radius 2 is 2.14 bits per heavy atom. The van der Waals surface area contributed by atoms with Gasteiger partial charge in [-0.05, 0) is 65.7 Å². The van der Waals surface area contributed by atoms with Gasteiger partial charge in [0.05, 0.1) is 10.2 Å². The van der Waals surface area contributed by atoms with E-state index in [0.29, 0.717) is 23.6 Å². The van der Waals surface area contributed by atoms with Crippen molar-refractivity contribution >= 4 is 33.2 Å². The summed E-state index contributed by atoms with van der Waals surface area (Å²) in [7, 11) is 0. The van der Waals surface area contributed by atoms with E-state index < -0.39 is 5.82 Å². The van der Waals surface area contributed by atoms with Crippen molar-refractivity contribution in [3.05, 3.63) is 46.0 Å². The lowest BCUT2D eigenvalue weighted by Gasteiger charge is -2.25. The smallest absolute Gasteiger partial charge is 0.180 e. The number of rotatable bonds is 6. The summed E-state index contributed by atoms with van der Waals surface area (Å²) in [6.07, 6.45) is 5.83. The van der Waals surface area contributed by atoms with Gasteiger partial charge in [-0.1, -0.05) is 5.16 Å². The van der Waals surface area contributed by atoms with Gasteiger partial charge in [0.15, 0.2) is 11.5 Å². The minimum atomic E-state index is -0.422. The molecule has 1 fully saturated rings. The van der Waals surface area contributed by atoms with Crippen LogP contribution in [0.5, 0.6) is 0 Å². The van der Waals surface area contributed by atoms with Crippen molar-refractivity contribution < 1.29 is 18.9 Å². The van der Waals surface area contributed by atoms with Gasteiger partial charge in [-0.2, -0.15) is 0 Å². The number of halogens is 2. The van der Waals surface area contributed by atoms with Gasteiger partial charge < -0.3 is 10.3 Å². The van der Waals surface area contributed by atoms with Gasteiger partial charge in [0.25, 0.3) is 0 Å². The lowest BCUT2D eigenvalue weighted by molar-refractivity contribution is -0.119. The second-order valence-electron chi connectivity index (χ2n) is 7.06. The highest BCUT2D eigenvalue weighted by Gasteiger charge is 2.23. The first-order valence-electron chi connectivity index (χ1n) is 9.11. The molecule has 0 saturated heterocycles. The largest absolute Gasteiger partial charge is 0.364 e. The number of hydrogen-bond acceptors (Lipinski definition) is 6. The van der Waals surface area contributed by atoms with Crippen LogP contribution in [0.2, 0.25) is 0 Å². The van der Waals surface area contributed by atoms with Crippen molar-refractivity contribution in [2.75, 3.05) is 0 Å². The molecule has 0 spiro atoms. The second kappa shape index (κ2) is 9.40. The summed E-state index contributed by atoms with van der Waals surface area (Å²) in [6.45, 7) is 0. The molecule has 0 atom stereocenters. The number of aromatic nitrogens is 1. The van der Waals surface area contributed by atoms with Crippen LogP contribution >= 0.6 is 15.9 Å². The van der Waals surface area contributed by atoms with Crippen molar-refractivity contribution in [2.45, 2.75) is 44.6 Å². The Kier molecular flexibility index (Phi) is 6.93. The zero-order valence-electron chi connectivity index (χ0n) is 15.2. The molecule has 1 heterocycles. The second-order valence-corrected chi connectivity index (χ2v) is 7.91. The van der Waals surface area contributed by atoms with Crippen molar-refractivity contribution in [1.82, 2.24) is 10.6 Å². The number of Topliss-reactive ketones (excluding diaryl/α,β-unsaturated/α-hetero) is 1. The van der Waals surface area contributed by atoms with E-state index >= 15 is 0 Å². The molecule has 4 N–H and O–H groups in total. The standard InChI is InChI=1S/C19H22BrFN4O3/c20-16-9-14(5-6-17(16)21)23-19(24-27)18-12(10-28-25-18)8-15(26)7-11-1-3-13(22)4-2-11/h5-6,9-11,13,27H,1-4,7-8,22H2,(H,23,24). The van der Waals surface area contributed by atoms with Crippen molar-refractivity contribution in [3.8, 4) is 0 Å². The fraction of sp³-hybridized carbons (Fsp3) is 0.421. The molecule has 3 rings (SSSR count). The highest BCUT2D eigenvalue weighted by Crippen LogP contribution is 2.27. The van der Waals surface area contributed by atoms with E-state index in [2.05, 4.69) is 26.1 Å². The number of nitrogens with zero attached hydrogens (tertiary/aromatic N) is 2. The zero-order valence-corrected chi connectivity index (χ0v) is 16.8. The normalized spacial score (nSPS) is 20.2. The number of amidine groups is 1. The maximum atomic E-state index is 13.4. The number of hydrogen-bond donors (Lipinski definition) is 3. The monoisotopic (exact) mass is 452 g/mol. The average Bonchev–Trinajstić information content (AvgIpc) is 3.12. The zero-order chi connectivity index (χ0) is 20.1. The lowest BCUT2D eigenvalue weighted by atomic mass is 9.83. The predicted octanol–water partition coefficient (Wildman–Crippen LogP) is 3.65. The lowest BCUT2D eigenvalue weighted by Crippen LogP contribution is -2.27. The molecule has 0 bridgehead atoms. The van der Waals surface area contributed by atoms with Crippen LogP contribution < -0.4 is 11.2 Å². The van der Waals surface area contributed by atoms with Crippen LogP contribution in [0.25, 0.3) is 0 Å². The van der Waals surface area contributed by atoms with Crippen LogP contribution in [0.4, 0.5) is 10.1 Å². The molecule has 1 aromatic heterocycles. The van der Waals surface area contributed by atoms with Crippen LogP contribution in [-0.4, -0.2) is 28.0 Å². The van der Waals surface area contributed by atoms with E-state index in [0.717, 1.165) is 25.7 Å². The molecule has 150 valence electrons. The van der Waals surface area contributed by atoms with Gasteiger partial charge in [-0.25, -0.2) is 9.38 Å². The van der Waals surface area contributed by atoms with Crippen LogP contribution in [0, 0.1) is 11.7 Å². The summed E-state index contributed by atoms with van der Waals surface area (Å²) in [5, 5.41) is 13.3. The quantitative estimate of drug-likeness (QED) is 0.350. The molecule has 0 unspecified atom stereocenters. The molecule has 1 aliphatic rings. The number of hydroxylamine groups is 1. The molecule has 28 heavy (non-hydrogen) atoms. The highest BCUT2D eigenvalue weighted by molar-refractivity contribution is 9.10. The molecule has 0 amide bonds. The van der Waals surface area contributed by atoms with Gasteiger partial charge in [-0.3, -0.25) is 15.5 Å². The first kappa shape index (κ1) is 20.6. The number of benzene rings is 1. The number of aliphatic imine (C=N–C) groups is 1. The maximum absolute atomic E-state index is 13.4. The summed E-state index contributed by atoms with van der Waals surface area (Å²) in [5.41, 5.74) is 9.05. The Morgan fingerprint density at radius 1 is 1.39 bits per heavy atom. The van der Waals surface area contributed by atoms with E-state index in [1.54, 1.807) is 0 Å². The fourth-order valence-corrected chi connectivity index (χ4v) is 3.76. The number of carbonyl (C=O) groups is 1. The molecule has 2 aromatic rings. The molecule has 0 radical (unpaired) electrons. The van der Waals surface area contributed by atoms with E-state index in [4.69, 9.17) is 10.3 Å². The Labute approximate surface area is 170 Å². The Balaban J connectivity index is 1.71. The molecule has 0 aliphatic heterocycles. The molecule has 1 aliphatic carbocycles. The van der Waals surface area contributed by atoms with Crippen LogP contribution in [0.1, 0.15) is 43.4 Å². The first-order valence-corrected chi connectivity index (χ1v) is 9.90. The van der Waals surface area contributed by atoms with Crippen molar-refractivity contribution in [2.24, 2.45) is 16.6 Å². The van der Waals surface area contributed by atoms with E-state index in [1.807, 2.05) is 5.48 Å². The van der Waals surface area contributed by atoms with Crippen molar-refractivity contribution in [3.63, 3.8) is 0 Å². The summed E-state index contributed by atoms with van der Waals surface area (Å²) >= 11 is 3.09. The molecular weight excluding hydrogens is 431 g/mol. The topological polar surface area (TPSA) is 114 Å². The number of nitrogens with one attached hydrogen (secondary N) is 1. The third kappa shape index (κ3) is 5.24. The summed E-state index contributed by atoms with van der Waals surface area (Å²) in [6, 6.07) is 4.42. The number of nitrogens with two attached hydrogens (primary N) is 1. The van der Waals surface area contributed by atoms with Crippen LogP contribution in [-0.2, 0) is 11.2 Å². The minimum absolute atomic E-state index is 0.0127. The van der Waals surface area contributed by atoms with Crippen LogP contribution in [0.15, 0.2) is 38.5 Å². The third-order valence-corrected chi connectivity index (χ3v) is 5.52. The van der Waals surface area contributed by atoms with Crippen LogP contribution in [0.3, 0.4) is 0 Å². The van der Waals surface area contributed by atoms with Gasteiger partial charge in [0.1, 0.15) is 17.9 Å². The Morgan fingerprint density at radius 3 is 2.82 bits per heavy atom. The fourth-order valence-electron chi connectivity index (χ4n) is 3.39. The average molecular weight is 453 g/mol. The Bertz CT molecular complexity index is 863. The molecule has 1 saturated carbocycles.